The number of nitrogens with zero attached hydrogens (tertiary/aromatic N) is 4. The quantitative estimate of drug-likeness (QED) is 0.733. The van der Waals surface area contributed by atoms with E-state index in [4.69, 9.17) is 0 Å². The van der Waals surface area contributed by atoms with Gasteiger partial charge in [-0.05, 0) is 43.5 Å². The predicted octanol–water partition coefficient (Wildman–Crippen LogP) is 2.97. The molecule has 0 spiro atoms. The maximum Gasteiger partial charge on any atom is 0.274 e. The van der Waals surface area contributed by atoms with Crippen molar-refractivity contribution in [2.24, 2.45) is 5.92 Å². The first-order valence-electron chi connectivity index (χ1n) is 9.11. The van der Waals surface area contributed by atoms with Crippen molar-refractivity contribution < 1.29 is 0 Å². The van der Waals surface area contributed by atoms with Gasteiger partial charge in [-0.3, -0.25) is 9.69 Å². The number of likely N-dealkylation sites (tertiary alicyclic amines) is 1. The fourth-order valence-electron chi connectivity index (χ4n) is 3.60. The smallest absolute Gasteiger partial charge is 0.274 e. The maximum absolute atomic E-state index is 12.8. The van der Waals surface area contributed by atoms with E-state index in [9.17, 15) is 4.79 Å². The summed E-state index contributed by atoms with van der Waals surface area (Å²) >= 11 is 0. The van der Waals surface area contributed by atoms with Gasteiger partial charge in [0, 0.05) is 31.2 Å². The molecule has 0 aliphatic carbocycles. The molecule has 142 valence electrons. The number of nitrogens with one attached hydrogen (secondary N) is 1. The average Bonchev–Trinajstić information content (AvgIpc) is 3.19. The maximum atomic E-state index is 12.8. The number of piperidine rings is 1. The summed E-state index contributed by atoms with van der Waals surface area (Å²) in [6, 6.07) is 11.6. The van der Waals surface area contributed by atoms with E-state index in [2.05, 4.69) is 20.0 Å². The molecular weight excluding hydrogens is 362 g/mol. The fraction of sp³-hybridized carbons (Fsp3) is 0.350. The van der Waals surface area contributed by atoms with Gasteiger partial charge in [-0.15, -0.1) is 12.4 Å². The van der Waals surface area contributed by atoms with Crippen molar-refractivity contribution in [1.29, 1.82) is 0 Å². The highest BCUT2D eigenvalue weighted by molar-refractivity contribution is 5.85. The molecule has 1 saturated heterocycles. The molecule has 1 fully saturated rings. The molecule has 1 aliphatic heterocycles. The molecule has 27 heavy (non-hydrogen) atoms. The van der Waals surface area contributed by atoms with Gasteiger partial charge in [0.15, 0.2) is 0 Å². The molecule has 4 rings (SSSR count). The molecular formula is C20H24ClN5O. The van der Waals surface area contributed by atoms with Gasteiger partial charge in [0.25, 0.3) is 5.56 Å². The SMILES string of the molecule is Cl.O=c1c(-c2ccccc2)ccnn1CC1CCN(Cc2cnc[nH]2)CC1. The second-order valence-corrected chi connectivity index (χ2v) is 6.89. The summed E-state index contributed by atoms with van der Waals surface area (Å²) < 4.78 is 1.64. The van der Waals surface area contributed by atoms with Gasteiger partial charge in [-0.2, -0.15) is 5.10 Å². The first-order valence-corrected chi connectivity index (χ1v) is 9.11. The number of rotatable bonds is 5. The third kappa shape index (κ3) is 4.64. The van der Waals surface area contributed by atoms with Gasteiger partial charge >= 0.3 is 0 Å². The number of imidazole rings is 1. The van der Waals surface area contributed by atoms with Crippen molar-refractivity contribution in [2.75, 3.05) is 13.1 Å². The van der Waals surface area contributed by atoms with E-state index in [-0.39, 0.29) is 18.0 Å². The molecule has 0 atom stereocenters. The summed E-state index contributed by atoms with van der Waals surface area (Å²) in [4.78, 5) is 22.5. The van der Waals surface area contributed by atoms with Crippen molar-refractivity contribution in [3.63, 3.8) is 0 Å². The van der Waals surface area contributed by atoms with Crippen LogP contribution in [0.5, 0.6) is 0 Å². The lowest BCUT2D eigenvalue weighted by atomic mass is 9.96. The van der Waals surface area contributed by atoms with Crippen molar-refractivity contribution >= 4 is 12.4 Å². The van der Waals surface area contributed by atoms with Crippen LogP contribution in [0.3, 0.4) is 0 Å². The lowest BCUT2D eigenvalue weighted by Crippen LogP contribution is -2.36. The highest BCUT2D eigenvalue weighted by Crippen LogP contribution is 2.20. The Morgan fingerprint density at radius 3 is 2.59 bits per heavy atom. The molecule has 1 aliphatic rings. The highest BCUT2D eigenvalue weighted by atomic mass is 35.5. The van der Waals surface area contributed by atoms with Crippen molar-refractivity contribution in [2.45, 2.75) is 25.9 Å². The Morgan fingerprint density at radius 2 is 1.89 bits per heavy atom. The molecule has 1 N–H and O–H groups in total. The lowest BCUT2D eigenvalue weighted by Gasteiger charge is -2.31. The van der Waals surface area contributed by atoms with Crippen LogP contribution >= 0.6 is 12.4 Å². The van der Waals surface area contributed by atoms with Crippen molar-refractivity contribution in [3.05, 3.63) is 71.2 Å². The first-order chi connectivity index (χ1) is 12.8. The number of aromatic nitrogens is 4. The van der Waals surface area contributed by atoms with Gasteiger partial charge in [0.1, 0.15) is 0 Å². The van der Waals surface area contributed by atoms with Crippen LogP contribution in [0.25, 0.3) is 11.1 Å². The Labute approximate surface area is 164 Å². The van der Waals surface area contributed by atoms with Crippen LogP contribution in [0.2, 0.25) is 0 Å². The van der Waals surface area contributed by atoms with Gasteiger partial charge in [-0.25, -0.2) is 9.67 Å². The Bertz CT molecular complexity index is 886. The van der Waals surface area contributed by atoms with Crippen LogP contribution in [0, 0.1) is 5.92 Å². The average molecular weight is 386 g/mol. The van der Waals surface area contributed by atoms with Crippen LogP contribution in [-0.4, -0.2) is 37.7 Å². The van der Waals surface area contributed by atoms with Crippen LogP contribution in [0.1, 0.15) is 18.5 Å². The minimum absolute atomic E-state index is 0. The number of hydrogen-bond donors (Lipinski definition) is 1. The predicted molar refractivity (Wildman–Crippen MR) is 108 cm³/mol. The largest absolute Gasteiger partial charge is 0.347 e. The molecule has 6 nitrogen and oxygen atoms in total. The summed E-state index contributed by atoms with van der Waals surface area (Å²) in [6.07, 6.45) is 7.50. The third-order valence-electron chi connectivity index (χ3n) is 5.08. The molecule has 0 radical (unpaired) electrons. The van der Waals surface area contributed by atoms with E-state index in [1.165, 1.54) is 0 Å². The standard InChI is InChI=1S/C20H23N5O.ClH/c26-20-19(17-4-2-1-3-5-17)6-9-23-25(20)13-16-7-10-24(11-8-16)14-18-12-21-15-22-18;/h1-6,9,12,15-16H,7-8,10-11,13-14H2,(H,21,22);1H. The second kappa shape index (κ2) is 8.97. The number of halogens is 1. The van der Waals surface area contributed by atoms with E-state index >= 15 is 0 Å². The normalized spacial score (nSPS) is 15.4. The Kier molecular flexibility index (Phi) is 6.42. The minimum Gasteiger partial charge on any atom is -0.347 e. The molecule has 2 aromatic heterocycles. The molecule has 1 aromatic carbocycles. The van der Waals surface area contributed by atoms with Gasteiger partial charge in [-0.1, -0.05) is 30.3 Å². The van der Waals surface area contributed by atoms with Crippen LogP contribution in [0.15, 0.2) is 59.9 Å². The molecule has 3 heterocycles. The van der Waals surface area contributed by atoms with E-state index in [1.807, 2.05) is 36.5 Å². The molecule has 3 aromatic rings. The third-order valence-corrected chi connectivity index (χ3v) is 5.08. The van der Waals surface area contributed by atoms with E-state index < -0.39 is 0 Å². The summed E-state index contributed by atoms with van der Waals surface area (Å²) in [5.74, 6) is 0.490. The summed E-state index contributed by atoms with van der Waals surface area (Å²) in [5, 5.41) is 4.32. The zero-order valence-electron chi connectivity index (χ0n) is 15.1. The number of benzene rings is 1. The Morgan fingerprint density at radius 1 is 1.11 bits per heavy atom. The molecule has 0 unspecified atom stereocenters. The zero-order chi connectivity index (χ0) is 17.8. The molecule has 0 bridgehead atoms. The van der Waals surface area contributed by atoms with Crippen molar-refractivity contribution in [3.8, 4) is 11.1 Å². The van der Waals surface area contributed by atoms with E-state index in [0.717, 1.165) is 49.3 Å². The van der Waals surface area contributed by atoms with Crippen molar-refractivity contribution in [1.82, 2.24) is 24.6 Å². The van der Waals surface area contributed by atoms with E-state index in [0.29, 0.717) is 12.5 Å². The lowest BCUT2D eigenvalue weighted by molar-refractivity contribution is 0.162. The Hall–Kier alpha value is -2.44. The first kappa shape index (κ1) is 19.3. The summed E-state index contributed by atoms with van der Waals surface area (Å²) in [5.41, 5.74) is 2.82. The molecule has 0 saturated carbocycles. The molecule has 7 heteroatoms. The summed E-state index contributed by atoms with van der Waals surface area (Å²) in [6.45, 7) is 3.68. The zero-order valence-corrected chi connectivity index (χ0v) is 15.9. The van der Waals surface area contributed by atoms with Gasteiger partial charge < -0.3 is 4.98 Å². The highest BCUT2D eigenvalue weighted by Gasteiger charge is 2.21. The van der Waals surface area contributed by atoms with Gasteiger partial charge in [0.2, 0.25) is 0 Å². The fourth-order valence-corrected chi connectivity index (χ4v) is 3.60. The second-order valence-electron chi connectivity index (χ2n) is 6.89. The molecule has 0 amide bonds. The van der Waals surface area contributed by atoms with Crippen LogP contribution in [0.4, 0.5) is 0 Å². The number of hydrogen-bond acceptors (Lipinski definition) is 4. The minimum atomic E-state index is -0.00131. The summed E-state index contributed by atoms with van der Waals surface area (Å²) in [7, 11) is 0. The number of aromatic amines is 1. The topological polar surface area (TPSA) is 66.8 Å². The van der Waals surface area contributed by atoms with Crippen LogP contribution < -0.4 is 5.56 Å². The van der Waals surface area contributed by atoms with Crippen LogP contribution in [-0.2, 0) is 13.1 Å². The number of H-pyrrole nitrogens is 1. The van der Waals surface area contributed by atoms with Gasteiger partial charge in [0.05, 0.1) is 11.9 Å². The Balaban J connectivity index is 0.00000210. The van der Waals surface area contributed by atoms with E-state index in [1.54, 1.807) is 23.3 Å². The monoisotopic (exact) mass is 385 g/mol.